The minimum atomic E-state index is -3.20. The summed E-state index contributed by atoms with van der Waals surface area (Å²) in [6.45, 7) is 1.71. The van der Waals surface area contributed by atoms with Gasteiger partial charge in [0, 0.05) is 37.9 Å². The van der Waals surface area contributed by atoms with Crippen LogP contribution in [0.25, 0.3) is 0 Å². The van der Waals surface area contributed by atoms with Gasteiger partial charge in [-0.3, -0.25) is 9.10 Å². The Hall–Kier alpha value is -2.54. The third kappa shape index (κ3) is 4.16. The first-order valence-electron chi connectivity index (χ1n) is 8.62. The number of amides is 1. The lowest BCUT2D eigenvalue weighted by Crippen LogP contribution is -2.33. The second-order valence-electron chi connectivity index (χ2n) is 6.30. The lowest BCUT2D eigenvalue weighted by Gasteiger charge is -2.19. The van der Waals surface area contributed by atoms with Crippen LogP contribution in [0.2, 0.25) is 0 Å². The molecule has 0 spiro atoms. The molecule has 1 aliphatic rings. The van der Waals surface area contributed by atoms with Crippen molar-refractivity contribution in [3.8, 4) is 0 Å². The second-order valence-corrected chi connectivity index (χ2v) is 8.31. The van der Waals surface area contributed by atoms with Crippen molar-refractivity contribution in [2.45, 2.75) is 6.42 Å². The molecule has 0 saturated carbocycles. The quantitative estimate of drug-likeness (QED) is 0.842. The number of carbonyl (C=O) groups excluding carboxylic acids is 1. The van der Waals surface area contributed by atoms with Gasteiger partial charge in [0.2, 0.25) is 10.0 Å². The van der Waals surface area contributed by atoms with Gasteiger partial charge in [0.25, 0.3) is 5.91 Å². The van der Waals surface area contributed by atoms with E-state index in [2.05, 4.69) is 10.2 Å². The van der Waals surface area contributed by atoms with Crippen molar-refractivity contribution in [1.82, 2.24) is 5.32 Å². The van der Waals surface area contributed by atoms with Crippen molar-refractivity contribution in [2.24, 2.45) is 0 Å². The van der Waals surface area contributed by atoms with Crippen LogP contribution in [0.3, 0.4) is 0 Å². The largest absolute Gasteiger partial charge is 0.373 e. The lowest BCUT2D eigenvalue weighted by molar-refractivity contribution is 0.0954. The molecule has 2 aromatic carbocycles. The highest BCUT2D eigenvalue weighted by molar-refractivity contribution is 7.93. The standard InChI is InChI=1S/C19H23N3O3S/c1-21(17-6-3-2-4-7-17)14-12-20-19(23)16-8-10-18(11-9-16)22-13-5-15-26(22,24)25/h2-4,6-11H,5,12-15H2,1H3,(H,20,23). The van der Waals surface area contributed by atoms with E-state index in [0.29, 0.717) is 37.3 Å². The van der Waals surface area contributed by atoms with Crippen molar-refractivity contribution in [2.75, 3.05) is 41.6 Å². The van der Waals surface area contributed by atoms with E-state index < -0.39 is 10.0 Å². The van der Waals surface area contributed by atoms with E-state index in [1.54, 1.807) is 24.3 Å². The first-order valence-corrected chi connectivity index (χ1v) is 10.2. The molecule has 0 bridgehead atoms. The van der Waals surface area contributed by atoms with Crippen LogP contribution in [-0.4, -0.2) is 46.8 Å². The number of benzene rings is 2. The Labute approximate surface area is 154 Å². The van der Waals surface area contributed by atoms with Crippen LogP contribution in [0.1, 0.15) is 16.8 Å². The predicted octanol–water partition coefficient (Wildman–Crippen LogP) is 2.09. The summed E-state index contributed by atoms with van der Waals surface area (Å²) in [5.41, 5.74) is 2.23. The number of likely N-dealkylation sites (N-methyl/N-ethyl adjacent to an activating group) is 1. The molecule has 3 rings (SSSR count). The van der Waals surface area contributed by atoms with Gasteiger partial charge in [0.05, 0.1) is 11.4 Å². The molecule has 6 nitrogen and oxygen atoms in total. The van der Waals surface area contributed by atoms with Crippen molar-refractivity contribution in [3.05, 3.63) is 60.2 Å². The predicted molar refractivity (Wildman–Crippen MR) is 104 cm³/mol. The van der Waals surface area contributed by atoms with Gasteiger partial charge < -0.3 is 10.2 Å². The van der Waals surface area contributed by atoms with Crippen molar-refractivity contribution in [3.63, 3.8) is 0 Å². The van der Waals surface area contributed by atoms with Crippen LogP contribution >= 0.6 is 0 Å². The number of hydrogen-bond acceptors (Lipinski definition) is 4. The number of carbonyl (C=O) groups is 1. The van der Waals surface area contributed by atoms with Crippen LogP contribution in [0.15, 0.2) is 54.6 Å². The number of para-hydroxylation sites is 1. The van der Waals surface area contributed by atoms with Gasteiger partial charge in [-0.2, -0.15) is 0 Å². The molecule has 138 valence electrons. The zero-order valence-corrected chi connectivity index (χ0v) is 15.6. The summed E-state index contributed by atoms with van der Waals surface area (Å²) in [6.07, 6.45) is 0.638. The molecule has 2 aromatic rings. The molecule has 0 aromatic heterocycles. The topological polar surface area (TPSA) is 69.7 Å². The van der Waals surface area contributed by atoms with Crippen LogP contribution in [-0.2, 0) is 10.0 Å². The van der Waals surface area contributed by atoms with Crippen molar-refractivity contribution in [1.29, 1.82) is 0 Å². The fraction of sp³-hybridized carbons (Fsp3) is 0.316. The number of anilines is 2. The SMILES string of the molecule is CN(CCNC(=O)c1ccc(N2CCCS2(=O)=O)cc1)c1ccccc1. The molecule has 0 aliphatic carbocycles. The molecule has 1 amide bonds. The van der Waals surface area contributed by atoms with Crippen molar-refractivity contribution >= 4 is 27.3 Å². The van der Waals surface area contributed by atoms with E-state index in [0.717, 1.165) is 5.69 Å². The van der Waals surface area contributed by atoms with E-state index in [1.165, 1.54) is 4.31 Å². The Morgan fingerprint density at radius 1 is 1.12 bits per heavy atom. The summed E-state index contributed by atoms with van der Waals surface area (Å²) in [4.78, 5) is 14.3. The molecule has 1 aliphatic heterocycles. The highest BCUT2D eigenvalue weighted by Gasteiger charge is 2.28. The third-order valence-electron chi connectivity index (χ3n) is 4.45. The van der Waals surface area contributed by atoms with Crippen LogP contribution in [0, 0.1) is 0 Å². The summed E-state index contributed by atoms with van der Waals surface area (Å²) in [5, 5.41) is 2.89. The van der Waals surface area contributed by atoms with Gasteiger partial charge in [0.1, 0.15) is 0 Å². The maximum atomic E-state index is 12.3. The molecule has 0 radical (unpaired) electrons. The van der Waals surface area contributed by atoms with E-state index in [4.69, 9.17) is 0 Å². The Balaban J connectivity index is 1.54. The van der Waals surface area contributed by atoms with E-state index in [-0.39, 0.29) is 11.7 Å². The van der Waals surface area contributed by atoms with E-state index in [1.807, 2.05) is 37.4 Å². The van der Waals surface area contributed by atoms with Gasteiger partial charge in [-0.25, -0.2) is 8.42 Å². The maximum absolute atomic E-state index is 12.3. The smallest absolute Gasteiger partial charge is 0.251 e. The van der Waals surface area contributed by atoms with Gasteiger partial charge in [-0.05, 0) is 42.8 Å². The van der Waals surface area contributed by atoms with Gasteiger partial charge in [-0.15, -0.1) is 0 Å². The van der Waals surface area contributed by atoms with E-state index >= 15 is 0 Å². The summed E-state index contributed by atoms with van der Waals surface area (Å²) >= 11 is 0. The van der Waals surface area contributed by atoms with Crippen LogP contribution in [0.5, 0.6) is 0 Å². The lowest BCUT2D eigenvalue weighted by atomic mass is 10.2. The van der Waals surface area contributed by atoms with Gasteiger partial charge in [-0.1, -0.05) is 18.2 Å². The minimum absolute atomic E-state index is 0.165. The molecule has 1 N–H and O–H groups in total. The fourth-order valence-electron chi connectivity index (χ4n) is 2.96. The zero-order chi connectivity index (χ0) is 18.6. The fourth-order valence-corrected chi connectivity index (χ4v) is 4.52. The highest BCUT2D eigenvalue weighted by atomic mass is 32.2. The Bertz CT molecular complexity index is 851. The molecule has 0 unspecified atom stereocenters. The number of hydrogen-bond donors (Lipinski definition) is 1. The molecule has 1 saturated heterocycles. The minimum Gasteiger partial charge on any atom is -0.373 e. The summed E-state index contributed by atoms with van der Waals surface area (Å²) in [6, 6.07) is 16.7. The average molecular weight is 373 g/mol. The highest BCUT2D eigenvalue weighted by Crippen LogP contribution is 2.24. The summed E-state index contributed by atoms with van der Waals surface area (Å²) < 4.78 is 25.3. The molecular weight excluding hydrogens is 350 g/mol. The normalized spacial score (nSPS) is 15.7. The summed E-state index contributed by atoms with van der Waals surface area (Å²) in [7, 11) is -1.22. The number of rotatable bonds is 6. The van der Waals surface area contributed by atoms with Crippen LogP contribution < -0.4 is 14.5 Å². The average Bonchev–Trinajstić information content (AvgIpc) is 3.01. The van der Waals surface area contributed by atoms with Crippen molar-refractivity contribution < 1.29 is 13.2 Å². The number of sulfonamides is 1. The van der Waals surface area contributed by atoms with Crippen LogP contribution in [0.4, 0.5) is 11.4 Å². The molecular formula is C19H23N3O3S. The first-order chi connectivity index (χ1) is 12.5. The molecule has 1 fully saturated rings. The summed E-state index contributed by atoms with van der Waals surface area (Å²) in [5.74, 6) is 0.0201. The monoisotopic (exact) mass is 373 g/mol. The Kier molecular flexibility index (Phi) is 5.46. The number of nitrogens with zero attached hydrogens (tertiary/aromatic N) is 2. The zero-order valence-electron chi connectivity index (χ0n) is 14.8. The van der Waals surface area contributed by atoms with E-state index in [9.17, 15) is 13.2 Å². The van der Waals surface area contributed by atoms with Gasteiger partial charge >= 0.3 is 0 Å². The molecule has 0 atom stereocenters. The number of nitrogens with one attached hydrogen (secondary N) is 1. The first kappa shape index (κ1) is 18.3. The second kappa shape index (κ2) is 7.78. The Morgan fingerprint density at radius 3 is 2.42 bits per heavy atom. The molecule has 1 heterocycles. The molecule has 26 heavy (non-hydrogen) atoms. The maximum Gasteiger partial charge on any atom is 0.251 e. The Morgan fingerprint density at radius 2 is 1.81 bits per heavy atom. The molecule has 7 heteroatoms. The van der Waals surface area contributed by atoms with Gasteiger partial charge in [0.15, 0.2) is 0 Å². The third-order valence-corrected chi connectivity index (χ3v) is 6.32.